The number of rotatable bonds is 0. The summed E-state index contributed by atoms with van der Waals surface area (Å²) in [4.78, 5) is 12.2. The maximum Gasteiger partial charge on any atom is 0.325 e. The van der Waals surface area contributed by atoms with Gasteiger partial charge in [0.05, 0.1) is 12.8 Å². The molecule has 0 bridgehead atoms. The number of fused-ring (bicyclic) bond motifs is 1. The highest BCUT2D eigenvalue weighted by Gasteiger charge is 2.08. The monoisotopic (exact) mass is 251 g/mol. The molecule has 0 atom stereocenters. The molecule has 0 N–H and O–H groups in total. The van der Waals surface area contributed by atoms with Gasteiger partial charge in [-0.15, -0.1) is 0 Å². The molecule has 0 unspecified atom stereocenters. The summed E-state index contributed by atoms with van der Waals surface area (Å²) in [6, 6.07) is 2.09. The van der Waals surface area contributed by atoms with Crippen LogP contribution in [0.3, 0.4) is 0 Å². The van der Waals surface area contributed by atoms with E-state index < -0.39 is 0 Å². The van der Waals surface area contributed by atoms with Gasteiger partial charge in [-0.1, -0.05) is 0 Å². The van der Waals surface area contributed by atoms with E-state index in [4.69, 9.17) is 4.74 Å². The summed E-state index contributed by atoms with van der Waals surface area (Å²) in [7, 11) is 1.51. The van der Waals surface area contributed by atoms with Gasteiger partial charge in [-0.2, -0.15) is 9.98 Å². The van der Waals surface area contributed by atoms with Crippen molar-refractivity contribution in [1.29, 1.82) is 0 Å². The molecule has 1 aromatic rings. The molecular weight excluding hydrogens is 246 g/mol. The third kappa shape index (κ3) is 1.60. The summed E-state index contributed by atoms with van der Waals surface area (Å²) in [6.07, 6.45) is 3.35. The summed E-state index contributed by atoms with van der Waals surface area (Å²) in [5.41, 5.74) is 1.42. The van der Waals surface area contributed by atoms with Crippen LogP contribution in [0.2, 0.25) is 0 Å². The standard InChI is InChI=1S/C9H6BrN3O/c1-14-9-12-5-3-7-8(13-9)6(10)2-4-11-7/h2-4H,1H3. The summed E-state index contributed by atoms with van der Waals surface area (Å²) in [5, 5.41) is 0. The molecule has 0 amide bonds. The zero-order valence-electron chi connectivity index (χ0n) is 7.36. The van der Waals surface area contributed by atoms with E-state index in [9.17, 15) is 0 Å². The molecule has 4 nitrogen and oxygen atoms in total. The smallest absolute Gasteiger partial charge is 0.325 e. The molecule has 0 aliphatic carbocycles. The lowest BCUT2D eigenvalue weighted by molar-refractivity contribution is 0.398. The highest BCUT2D eigenvalue weighted by atomic mass is 79.9. The van der Waals surface area contributed by atoms with E-state index in [1.165, 1.54) is 7.11 Å². The van der Waals surface area contributed by atoms with Gasteiger partial charge >= 0.3 is 6.02 Å². The van der Waals surface area contributed by atoms with Crippen LogP contribution in [0.1, 0.15) is 5.69 Å². The first-order valence-corrected chi connectivity index (χ1v) is 4.67. The first-order chi connectivity index (χ1) is 6.81. The summed E-state index contributed by atoms with van der Waals surface area (Å²) in [5.74, 6) is 2.69. The van der Waals surface area contributed by atoms with Crippen molar-refractivity contribution >= 4 is 39.6 Å². The Morgan fingerprint density at radius 1 is 1.50 bits per heavy atom. The largest absolute Gasteiger partial charge is 0.466 e. The Morgan fingerprint density at radius 2 is 2.36 bits per heavy atom. The summed E-state index contributed by atoms with van der Waals surface area (Å²) in [6.45, 7) is 0. The predicted molar refractivity (Wildman–Crippen MR) is 57.9 cm³/mol. The van der Waals surface area contributed by atoms with Gasteiger partial charge in [-0.05, 0) is 27.9 Å². The van der Waals surface area contributed by atoms with Gasteiger partial charge in [-0.25, -0.2) is 0 Å². The molecule has 5 heteroatoms. The summed E-state index contributed by atoms with van der Waals surface area (Å²) < 4.78 is 5.79. The van der Waals surface area contributed by atoms with Crippen LogP contribution in [-0.4, -0.2) is 24.0 Å². The van der Waals surface area contributed by atoms with Crippen LogP contribution in [0, 0.1) is 0 Å². The first-order valence-electron chi connectivity index (χ1n) is 3.88. The van der Waals surface area contributed by atoms with E-state index >= 15 is 0 Å². The number of hydrogen-bond acceptors (Lipinski definition) is 4. The molecule has 2 rings (SSSR count). The molecule has 1 aliphatic heterocycles. The van der Waals surface area contributed by atoms with Crippen molar-refractivity contribution in [1.82, 2.24) is 4.98 Å². The Balaban J connectivity index is 2.65. The minimum Gasteiger partial charge on any atom is -0.466 e. The van der Waals surface area contributed by atoms with Crippen LogP contribution < -0.4 is 0 Å². The van der Waals surface area contributed by atoms with Gasteiger partial charge in [0, 0.05) is 16.7 Å². The number of pyridine rings is 1. The van der Waals surface area contributed by atoms with Crippen LogP contribution in [-0.2, 0) is 4.74 Å². The van der Waals surface area contributed by atoms with Gasteiger partial charge in [0.2, 0.25) is 0 Å². The fourth-order valence-electron chi connectivity index (χ4n) is 1.02. The second kappa shape index (κ2) is 3.74. The Labute approximate surface area is 89.2 Å². The highest BCUT2D eigenvalue weighted by molar-refractivity contribution is 9.10. The number of hydrogen-bond donors (Lipinski definition) is 0. The lowest BCUT2D eigenvalue weighted by Crippen LogP contribution is -1.94. The normalized spacial score (nSPS) is 13.1. The van der Waals surface area contributed by atoms with Crippen molar-refractivity contribution in [2.24, 2.45) is 9.98 Å². The predicted octanol–water partition coefficient (Wildman–Crippen LogP) is 2.17. The zero-order valence-corrected chi connectivity index (χ0v) is 8.95. The minimum absolute atomic E-state index is 0.272. The zero-order chi connectivity index (χ0) is 9.97. The fourth-order valence-corrected chi connectivity index (χ4v) is 1.43. The SMILES string of the molecule is COC1=Nc2c(Br)ccnc2C=C=N1. The molecule has 0 radical (unpaired) electrons. The number of amidine groups is 1. The number of nitrogens with zero attached hydrogens (tertiary/aromatic N) is 3. The number of halogens is 1. The number of aromatic nitrogens is 1. The van der Waals surface area contributed by atoms with E-state index in [1.807, 2.05) is 6.07 Å². The van der Waals surface area contributed by atoms with Crippen LogP contribution in [0.5, 0.6) is 0 Å². The van der Waals surface area contributed by atoms with E-state index in [0.717, 1.165) is 10.2 Å². The third-order valence-corrected chi connectivity index (χ3v) is 2.29. The average Bonchev–Trinajstić information content (AvgIpc) is 2.40. The lowest BCUT2D eigenvalue weighted by atomic mass is 10.3. The van der Waals surface area contributed by atoms with Crippen molar-refractivity contribution in [3.63, 3.8) is 0 Å². The molecule has 0 aromatic carbocycles. The average molecular weight is 252 g/mol. The van der Waals surface area contributed by atoms with Crippen molar-refractivity contribution < 1.29 is 4.74 Å². The maximum atomic E-state index is 4.94. The number of ether oxygens (including phenoxy) is 1. The fraction of sp³-hybridized carbons (Fsp3) is 0.111. The second-order valence-electron chi connectivity index (χ2n) is 2.51. The maximum absolute atomic E-state index is 4.94. The molecule has 0 saturated heterocycles. The Morgan fingerprint density at radius 3 is 3.14 bits per heavy atom. The highest BCUT2D eigenvalue weighted by Crippen LogP contribution is 2.29. The minimum atomic E-state index is 0.272. The second-order valence-corrected chi connectivity index (χ2v) is 3.36. The number of aliphatic imine (C=N–C) groups is 2. The van der Waals surface area contributed by atoms with Crippen molar-refractivity contribution in [2.45, 2.75) is 0 Å². The van der Waals surface area contributed by atoms with Gasteiger partial charge in [0.15, 0.2) is 0 Å². The van der Waals surface area contributed by atoms with Crippen molar-refractivity contribution in [2.75, 3.05) is 7.11 Å². The van der Waals surface area contributed by atoms with Crippen molar-refractivity contribution in [3.05, 3.63) is 22.4 Å². The Hall–Kier alpha value is -1.45. The first kappa shape index (κ1) is 9.12. The molecule has 1 aromatic heterocycles. The number of methoxy groups -OCH3 is 1. The van der Waals surface area contributed by atoms with E-state index in [1.54, 1.807) is 12.3 Å². The topological polar surface area (TPSA) is 46.8 Å². The van der Waals surface area contributed by atoms with Crippen molar-refractivity contribution in [3.8, 4) is 0 Å². The molecule has 2 heterocycles. The van der Waals surface area contributed by atoms with Gasteiger partial charge in [0.25, 0.3) is 0 Å². The van der Waals surface area contributed by atoms with Gasteiger partial charge in [-0.3, -0.25) is 4.98 Å². The van der Waals surface area contributed by atoms with E-state index in [0.29, 0.717) is 5.69 Å². The van der Waals surface area contributed by atoms with E-state index in [-0.39, 0.29) is 6.02 Å². The molecule has 0 saturated carbocycles. The molecule has 0 fully saturated rings. The van der Waals surface area contributed by atoms with Gasteiger partial charge < -0.3 is 4.74 Å². The van der Waals surface area contributed by atoms with Gasteiger partial charge in [0.1, 0.15) is 5.69 Å². The third-order valence-electron chi connectivity index (χ3n) is 1.65. The molecule has 14 heavy (non-hydrogen) atoms. The lowest BCUT2D eigenvalue weighted by Gasteiger charge is -2.01. The van der Waals surface area contributed by atoms with Crippen LogP contribution in [0.4, 0.5) is 5.69 Å². The Kier molecular flexibility index (Phi) is 2.43. The molecule has 0 spiro atoms. The van der Waals surface area contributed by atoms with E-state index in [2.05, 4.69) is 36.8 Å². The van der Waals surface area contributed by atoms with Crippen LogP contribution >= 0.6 is 15.9 Å². The molecule has 1 aliphatic rings. The Bertz CT molecular complexity index is 461. The molecular formula is C9H6BrN3O. The van der Waals surface area contributed by atoms with Crippen LogP contribution in [0.15, 0.2) is 26.7 Å². The quantitative estimate of drug-likeness (QED) is 0.710. The van der Waals surface area contributed by atoms with Crippen LogP contribution in [0.25, 0.3) is 6.08 Å². The molecule has 70 valence electrons. The summed E-state index contributed by atoms with van der Waals surface area (Å²) >= 11 is 3.38.